The molecule has 0 spiro atoms. The van der Waals surface area contributed by atoms with Crippen molar-refractivity contribution >= 4 is 0 Å². The first-order chi connectivity index (χ1) is 7.39. The van der Waals surface area contributed by atoms with Crippen LogP contribution in [0, 0.1) is 11.3 Å². The molecule has 0 bridgehead atoms. The predicted octanol–water partition coefficient (Wildman–Crippen LogP) is 3.84. The normalized spacial score (nSPS) is 37.4. The van der Waals surface area contributed by atoms with E-state index in [2.05, 4.69) is 33.8 Å². The second kappa shape index (κ2) is 4.03. The van der Waals surface area contributed by atoms with Gasteiger partial charge in [-0.25, -0.2) is 0 Å². The molecule has 0 radical (unpaired) electrons. The molecule has 0 aromatic heterocycles. The number of rotatable bonds is 0. The molecule has 16 heavy (non-hydrogen) atoms. The lowest BCUT2D eigenvalue weighted by Crippen LogP contribution is -2.23. The van der Waals surface area contributed by atoms with E-state index in [9.17, 15) is 5.11 Å². The molecule has 0 saturated heterocycles. The maximum atomic E-state index is 10.1. The molecule has 2 rings (SSSR count). The van der Waals surface area contributed by atoms with Crippen molar-refractivity contribution in [2.45, 2.75) is 59.5 Å². The molecule has 0 unspecified atom stereocenters. The van der Waals surface area contributed by atoms with E-state index in [1.54, 1.807) is 5.57 Å². The Morgan fingerprint density at radius 3 is 2.62 bits per heavy atom. The fraction of sp³-hybridized carbons (Fsp3) is 0.733. The van der Waals surface area contributed by atoms with Crippen LogP contribution in [-0.2, 0) is 0 Å². The largest absolute Gasteiger partial charge is 0.388 e. The number of hydrogen-bond acceptors (Lipinski definition) is 1. The Balaban J connectivity index is 2.28. The van der Waals surface area contributed by atoms with Crippen LogP contribution in [0.5, 0.6) is 0 Å². The molecule has 1 heteroatoms. The third-order valence-electron chi connectivity index (χ3n) is 4.21. The van der Waals surface area contributed by atoms with Crippen molar-refractivity contribution in [1.82, 2.24) is 0 Å². The second-order valence-electron chi connectivity index (χ2n) is 6.45. The zero-order chi connectivity index (χ0) is 11.9. The lowest BCUT2D eigenvalue weighted by Gasteiger charge is -2.36. The van der Waals surface area contributed by atoms with Gasteiger partial charge in [-0.1, -0.05) is 38.0 Å². The molecule has 1 N–H and O–H groups in total. The van der Waals surface area contributed by atoms with Crippen molar-refractivity contribution in [3.8, 4) is 0 Å². The van der Waals surface area contributed by atoms with E-state index in [1.807, 2.05) is 0 Å². The molecular formula is C15H24O. The van der Waals surface area contributed by atoms with Gasteiger partial charge >= 0.3 is 0 Å². The maximum Gasteiger partial charge on any atom is 0.0784 e. The van der Waals surface area contributed by atoms with E-state index in [1.165, 1.54) is 18.4 Å². The summed E-state index contributed by atoms with van der Waals surface area (Å²) in [6.45, 7) is 9.06. The first-order valence-corrected chi connectivity index (χ1v) is 6.44. The molecule has 2 atom stereocenters. The first-order valence-electron chi connectivity index (χ1n) is 6.44. The van der Waals surface area contributed by atoms with Gasteiger partial charge < -0.3 is 5.11 Å². The second-order valence-corrected chi connectivity index (χ2v) is 6.45. The van der Waals surface area contributed by atoms with Crippen LogP contribution in [0.1, 0.15) is 53.4 Å². The maximum absolute atomic E-state index is 10.1. The van der Waals surface area contributed by atoms with Crippen molar-refractivity contribution in [3.05, 3.63) is 22.8 Å². The van der Waals surface area contributed by atoms with Gasteiger partial charge in [0.05, 0.1) is 6.10 Å². The van der Waals surface area contributed by atoms with Crippen molar-refractivity contribution in [1.29, 1.82) is 0 Å². The van der Waals surface area contributed by atoms with Gasteiger partial charge in [0.2, 0.25) is 0 Å². The standard InChI is InChI=1S/C15H24O/c1-10-5-6-15(3,4)9-13-11(2)7-12(13)8-14(10)16/h5,11,14,16H,6-9H2,1-4H3/b10-5-/t11-,14+/m1/s1. The molecular weight excluding hydrogens is 196 g/mol. The number of allylic oxidation sites excluding steroid dienone is 2. The van der Waals surface area contributed by atoms with Gasteiger partial charge in [-0.2, -0.15) is 0 Å². The Labute approximate surface area is 99.3 Å². The number of aliphatic hydroxyl groups is 1. The summed E-state index contributed by atoms with van der Waals surface area (Å²) in [5.41, 5.74) is 4.66. The van der Waals surface area contributed by atoms with E-state index in [0.717, 1.165) is 24.3 Å². The summed E-state index contributed by atoms with van der Waals surface area (Å²) in [6.07, 6.45) is 6.36. The minimum atomic E-state index is -0.244. The Bertz CT molecular complexity index is 346. The van der Waals surface area contributed by atoms with Gasteiger partial charge in [-0.3, -0.25) is 0 Å². The van der Waals surface area contributed by atoms with Gasteiger partial charge in [0.25, 0.3) is 0 Å². The van der Waals surface area contributed by atoms with Crippen molar-refractivity contribution in [3.63, 3.8) is 0 Å². The smallest absolute Gasteiger partial charge is 0.0784 e. The lowest BCUT2D eigenvalue weighted by molar-refractivity contribution is 0.205. The third-order valence-corrected chi connectivity index (χ3v) is 4.21. The highest BCUT2D eigenvalue weighted by atomic mass is 16.3. The highest BCUT2D eigenvalue weighted by Gasteiger charge is 2.32. The van der Waals surface area contributed by atoms with Gasteiger partial charge in [-0.15, -0.1) is 0 Å². The van der Waals surface area contributed by atoms with Crippen molar-refractivity contribution in [2.75, 3.05) is 0 Å². The van der Waals surface area contributed by atoms with E-state index < -0.39 is 0 Å². The fourth-order valence-corrected chi connectivity index (χ4v) is 2.91. The summed E-state index contributed by atoms with van der Waals surface area (Å²) in [6, 6.07) is 0. The van der Waals surface area contributed by atoms with E-state index in [-0.39, 0.29) is 6.10 Å². The topological polar surface area (TPSA) is 20.2 Å². The molecule has 0 heterocycles. The van der Waals surface area contributed by atoms with Crippen LogP contribution in [-0.4, -0.2) is 11.2 Å². The van der Waals surface area contributed by atoms with E-state index in [0.29, 0.717) is 5.41 Å². The number of aliphatic hydroxyl groups excluding tert-OH is 1. The van der Waals surface area contributed by atoms with Gasteiger partial charge in [0, 0.05) is 0 Å². The van der Waals surface area contributed by atoms with Gasteiger partial charge in [0.15, 0.2) is 0 Å². The zero-order valence-corrected chi connectivity index (χ0v) is 11.0. The van der Waals surface area contributed by atoms with E-state index in [4.69, 9.17) is 0 Å². The average Bonchev–Trinajstić information content (AvgIpc) is 2.24. The molecule has 0 aromatic carbocycles. The molecule has 0 fully saturated rings. The van der Waals surface area contributed by atoms with Crippen LogP contribution in [0.2, 0.25) is 0 Å². The van der Waals surface area contributed by atoms with Gasteiger partial charge in [0.1, 0.15) is 0 Å². The summed E-state index contributed by atoms with van der Waals surface area (Å²) in [5.74, 6) is 0.750. The summed E-state index contributed by atoms with van der Waals surface area (Å²) in [4.78, 5) is 0. The van der Waals surface area contributed by atoms with Crippen LogP contribution in [0.4, 0.5) is 0 Å². The highest BCUT2D eigenvalue weighted by Crippen LogP contribution is 2.45. The molecule has 90 valence electrons. The molecule has 0 saturated carbocycles. The molecule has 1 nitrogen and oxygen atoms in total. The fourth-order valence-electron chi connectivity index (χ4n) is 2.91. The molecule has 2 aliphatic rings. The van der Waals surface area contributed by atoms with Crippen molar-refractivity contribution < 1.29 is 5.11 Å². The lowest BCUT2D eigenvalue weighted by atomic mass is 9.69. The van der Waals surface area contributed by atoms with Crippen LogP contribution in [0.3, 0.4) is 0 Å². The summed E-state index contributed by atoms with van der Waals surface area (Å²) in [5, 5.41) is 10.1. The highest BCUT2D eigenvalue weighted by molar-refractivity contribution is 5.31. The Morgan fingerprint density at radius 2 is 2.00 bits per heavy atom. The van der Waals surface area contributed by atoms with E-state index >= 15 is 0 Å². The summed E-state index contributed by atoms with van der Waals surface area (Å²) in [7, 11) is 0. The Hall–Kier alpha value is -0.560. The van der Waals surface area contributed by atoms with Crippen LogP contribution in [0.25, 0.3) is 0 Å². The van der Waals surface area contributed by atoms with Crippen LogP contribution >= 0.6 is 0 Å². The summed E-state index contributed by atoms with van der Waals surface area (Å²) < 4.78 is 0. The van der Waals surface area contributed by atoms with Gasteiger partial charge in [-0.05, 0) is 49.5 Å². The first kappa shape index (κ1) is 11.9. The Kier molecular flexibility index (Phi) is 3.00. The quantitative estimate of drug-likeness (QED) is 0.615. The zero-order valence-electron chi connectivity index (χ0n) is 11.0. The Morgan fingerprint density at radius 1 is 1.31 bits per heavy atom. The summed E-state index contributed by atoms with van der Waals surface area (Å²) >= 11 is 0. The van der Waals surface area contributed by atoms with Crippen LogP contribution in [0.15, 0.2) is 22.8 Å². The molecule has 2 aliphatic carbocycles. The minimum Gasteiger partial charge on any atom is -0.388 e. The number of hydrogen-bond donors (Lipinski definition) is 1. The SMILES string of the molecule is C/C1=C/CC(C)(C)CC2=C(C[C@H]2C)C[C@@H]1O. The van der Waals surface area contributed by atoms with Crippen LogP contribution < -0.4 is 0 Å². The monoisotopic (exact) mass is 220 g/mol. The predicted molar refractivity (Wildman–Crippen MR) is 68.2 cm³/mol. The minimum absolute atomic E-state index is 0.244. The molecule has 0 aliphatic heterocycles. The molecule has 0 aromatic rings. The average molecular weight is 220 g/mol. The third kappa shape index (κ3) is 2.24. The molecule has 0 amide bonds. The van der Waals surface area contributed by atoms with Crippen molar-refractivity contribution in [2.24, 2.45) is 11.3 Å².